The lowest BCUT2D eigenvalue weighted by Gasteiger charge is -2.10. The first kappa shape index (κ1) is 17.5. The molecule has 2 aromatic carbocycles. The minimum atomic E-state index is -0.244. The predicted molar refractivity (Wildman–Crippen MR) is 103 cm³/mol. The minimum absolute atomic E-state index is 0.244. The molecule has 1 N–H and O–H groups in total. The highest BCUT2D eigenvalue weighted by molar-refractivity contribution is 6.05. The van der Waals surface area contributed by atoms with Crippen LogP contribution in [0.25, 0.3) is 17.1 Å². The fourth-order valence-corrected chi connectivity index (χ4v) is 2.88. The highest BCUT2D eigenvalue weighted by Gasteiger charge is 2.17. The van der Waals surface area contributed by atoms with Crippen LogP contribution in [0.3, 0.4) is 0 Å². The van der Waals surface area contributed by atoms with Gasteiger partial charge in [-0.15, -0.1) is 0 Å². The molecule has 0 unspecified atom stereocenters. The van der Waals surface area contributed by atoms with Gasteiger partial charge in [0.25, 0.3) is 5.91 Å². The molecule has 140 valence electrons. The lowest BCUT2D eigenvalue weighted by atomic mass is 10.2. The van der Waals surface area contributed by atoms with Crippen molar-refractivity contribution in [3.8, 4) is 22.8 Å². The third-order valence-electron chi connectivity index (χ3n) is 4.33. The second-order valence-electron chi connectivity index (χ2n) is 6.01. The number of benzene rings is 2. The van der Waals surface area contributed by atoms with Gasteiger partial charge in [-0.2, -0.15) is 10.1 Å². The number of carbonyl (C=O) groups excluding carboxylic acids is 1. The van der Waals surface area contributed by atoms with E-state index in [1.165, 1.54) is 6.39 Å². The van der Waals surface area contributed by atoms with Crippen molar-refractivity contribution in [3.05, 3.63) is 72.4 Å². The normalized spacial score (nSPS) is 10.6. The zero-order chi connectivity index (χ0) is 19.5. The quantitative estimate of drug-likeness (QED) is 0.574. The summed E-state index contributed by atoms with van der Waals surface area (Å²) in [7, 11) is 1.60. The number of nitrogens with zero attached hydrogens (tertiary/aromatic N) is 4. The summed E-state index contributed by atoms with van der Waals surface area (Å²) >= 11 is 0. The average molecular weight is 375 g/mol. The maximum Gasteiger partial charge on any atom is 0.259 e. The Balaban J connectivity index is 1.55. The molecule has 2 heterocycles. The molecule has 0 atom stereocenters. The van der Waals surface area contributed by atoms with Crippen molar-refractivity contribution in [1.82, 2.24) is 19.9 Å². The van der Waals surface area contributed by atoms with Gasteiger partial charge in [-0.25, -0.2) is 4.68 Å². The molecule has 0 aliphatic rings. The standard InChI is InChI=1S/C20H17N5O3/c1-13-16(11-22-25(13)17-5-3-4-6-18(17)27-2)20(26)23-15-9-7-14(8-10-15)19-21-12-28-24-19/h3-12H,1-2H3,(H,23,26). The molecule has 0 aliphatic heterocycles. The van der Waals surface area contributed by atoms with Crippen molar-refractivity contribution < 1.29 is 14.1 Å². The Morgan fingerprint density at radius 2 is 1.93 bits per heavy atom. The zero-order valence-electron chi connectivity index (χ0n) is 15.3. The molecule has 4 rings (SSSR count). The van der Waals surface area contributed by atoms with Gasteiger partial charge < -0.3 is 14.6 Å². The third kappa shape index (κ3) is 3.23. The van der Waals surface area contributed by atoms with E-state index in [1.54, 1.807) is 30.1 Å². The molecule has 0 bridgehead atoms. The van der Waals surface area contributed by atoms with E-state index in [4.69, 9.17) is 9.26 Å². The lowest BCUT2D eigenvalue weighted by molar-refractivity contribution is 0.102. The summed E-state index contributed by atoms with van der Waals surface area (Å²) < 4.78 is 11.8. The molecule has 4 aromatic rings. The smallest absolute Gasteiger partial charge is 0.259 e. The Morgan fingerprint density at radius 3 is 2.64 bits per heavy atom. The number of carbonyl (C=O) groups is 1. The fraction of sp³-hybridized carbons (Fsp3) is 0.100. The van der Waals surface area contributed by atoms with Crippen molar-refractivity contribution in [2.45, 2.75) is 6.92 Å². The number of hydrogen-bond acceptors (Lipinski definition) is 6. The maximum atomic E-state index is 12.7. The molecular weight excluding hydrogens is 358 g/mol. The first-order valence-electron chi connectivity index (χ1n) is 8.53. The van der Waals surface area contributed by atoms with Gasteiger partial charge in [0.15, 0.2) is 0 Å². The summed E-state index contributed by atoms with van der Waals surface area (Å²) in [5, 5.41) is 11.0. The Bertz CT molecular complexity index is 1100. The molecule has 0 saturated heterocycles. The summed E-state index contributed by atoms with van der Waals surface area (Å²) in [5.41, 5.74) is 3.41. The van der Waals surface area contributed by atoms with E-state index in [0.29, 0.717) is 28.5 Å². The molecule has 0 fully saturated rings. The predicted octanol–water partition coefficient (Wildman–Crippen LogP) is 3.49. The Hall–Kier alpha value is -3.94. The van der Waals surface area contributed by atoms with Crippen LogP contribution >= 0.6 is 0 Å². The topological polar surface area (TPSA) is 95.1 Å². The van der Waals surface area contributed by atoms with Crippen molar-refractivity contribution in [2.75, 3.05) is 12.4 Å². The van der Waals surface area contributed by atoms with Crippen LogP contribution in [0.4, 0.5) is 5.69 Å². The van der Waals surface area contributed by atoms with Crippen LogP contribution in [-0.2, 0) is 0 Å². The van der Waals surface area contributed by atoms with E-state index in [9.17, 15) is 4.79 Å². The molecule has 8 nitrogen and oxygen atoms in total. The monoisotopic (exact) mass is 375 g/mol. The fourth-order valence-electron chi connectivity index (χ4n) is 2.88. The zero-order valence-corrected chi connectivity index (χ0v) is 15.3. The van der Waals surface area contributed by atoms with Crippen LogP contribution in [0.15, 0.2) is 65.6 Å². The van der Waals surface area contributed by atoms with E-state index in [-0.39, 0.29) is 5.91 Å². The number of anilines is 1. The van der Waals surface area contributed by atoms with Gasteiger partial charge in [0, 0.05) is 11.3 Å². The number of para-hydroxylation sites is 2. The molecule has 0 radical (unpaired) electrons. The number of rotatable bonds is 5. The molecule has 28 heavy (non-hydrogen) atoms. The number of hydrogen-bond donors (Lipinski definition) is 1. The Labute approximate surface area is 160 Å². The van der Waals surface area contributed by atoms with Crippen LogP contribution in [0, 0.1) is 6.92 Å². The largest absolute Gasteiger partial charge is 0.494 e. The Morgan fingerprint density at radius 1 is 1.14 bits per heavy atom. The first-order chi connectivity index (χ1) is 13.7. The Kier molecular flexibility index (Phi) is 4.59. The van der Waals surface area contributed by atoms with E-state index < -0.39 is 0 Å². The van der Waals surface area contributed by atoms with Gasteiger partial charge in [-0.3, -0.25) is 4.79 Å². The highest BCUT2D eigenvalue weighted by Crippen LogP contribution is 2.24. The SMILES string of the molecule is COc1ccccc1-n1ncc(C(=O)Nc2ccc(-c3ncon3)cc2)c1C. The van der Waals surface area contributed by atoms with E-state index in [0.717, 1.165) is 11.3 Å². The number of amides is 1. The average Bonchev–Trinajstić information content (AvgIpc) is 3.38. The molecule has 0 aliphatic carbocycles. The number of nitrogens with one attached hydrogen (secondary N) is 1. The van der Waals surface area contributed by atoms with Gasteiger partial charge in [0.2, 0.25) is 12.2 Å². The number of methoxy groups -OCH3 is 1. The molecule has 8 heteroatoms. The number of aromatic nitrogens is 4. The van der Waals surface area contributed by atoms with Crippen LogP contribution in [-0.4, -0.2) is 32.9 Å². The summed E-state index contributed by atoms with van der Waals surface area (Å²) in [4.78, 5) is 16.7. The molecule has 0 saturated carbocycles. The molecular formula is C20H17N5O3. The van der Waals surface area contributed by atoms with Crippen molar-refractivity contribution in [2.24, 2.45) is 0 Å². The van der Waals surface area contributed by atoms with Crippen LogP contribution < -0.4 is 10.1 Å². The van der Waals surface area contributed by atoms with E-state index >= 15 is 0 Å². The highest BCUT2D eigenvalue weighted by atomic mass is 16.5. The minimum Gasteiger partial charge on any atom is -0.494 e. The van der Waals surface area contributed by atoms with Gasteiger partial charge in [-0.1, -0.05) is 17.3 Å². The van der Waals surface area contributed by atoms with Crippen molar-refractivity contribution in [1.29, 1.82) is 0 Å². The molecule has 0 spiro atoms. The maximum absolute atomic E-state index is 12.7. The second-order valence-corrected chi connectivity index (χ2v) is 6.01. The molecule has 2 aromatic heterocycles. The summed E-state index contributed by atoms with van der Waals surface area (Å²) in [6, 6.07) is 14.7. The number of ether oxygens (including phenoxy) is 1. The van der Waals surface area contributed by atoms with Gasteiger partial charge >= 0.3 is 0 Å². The lowest BCUT2D eigenvalue weighted by Crippen LogP contribution is -2.13. The third-order valence-corrected chi connectivity index (χ3v) is 4.33. The van der Waals surface area contributed by atoms with Gasteiger partial charge in [-0.05, 0) is 43.3 Å². The van der Waals surface area contributed by atoms with E-state index in [2.05, 4.69) is 20.6 Å². The van der Waals surface area contributed by atoms with Crippen molar-refractivity contribution >= 4 is 11.6 Å². The van der Waals surface area contributed by atoms with Gasteiger partial charge in [0.05, 0.1) is 24.6 Å². The second kappa shape index (κ2) is 7.36. The summed E-state index contributed by atoms with van der Waals surface area (Å²) in [6.07, 6.45) is 2.82. The van der Waals surface area contributed by atoms with Crippen LogP contribution in [0.5, 0.6) is 5.75 Å². The van der Waals surface area contributed by atoms with Gasteiger partial charge in [0.1, 0.15) is 11.4 Å². The van der Waals surface area contributed by atoms with Crippen molar-refractivity contribution in [3.63, 3.8) is 0 Å². The van der Waals surface area contributed by atoms with Crippen LogP contribution in [0.2, 0.25) is 0 Å². The van der Waals surface area contributed by atoms with E-state index in [1.807, 2.05) is 43.3 Å². The first-order valence-corrected chi connectivity index (χ1v) is 8.53. The summed E-state index contributed by atoms with van der Waals surface area (Å²) in [6.45, 7) is 1.84. The van der Waals surface area contributed by atoms with Crippen LogP contribution in [0.1, 0.15) is 16.1 Å². The molecule has 1 amide bonds. The summed E-state index contributed by atoms with van der Waals surface area (Å²) in [5.74, 6) is 0.926.